The van der Waals surface area contributed by atoms with Gasteiger partial charge in [0.05, 0.1) is 13.2 Å². The molecule has 0 unspecified atom stereocenters. The summed E-state index contributed by atoms with van der Waals surface area (Å²) in [6.45, 7) is 8.29. The lowest BCUT2D eigenvalue weighted by molar-refractivity contribution is 0.198. The summed E-state index contributed by atoms with van der Waals surface area (Å²) in [5.41, 5.74) is 3.77. The van der Waals surface area contributed by atoms with Crippen LogP contribution >= 0.6 is 0 Å². The first-order valence-corrected chi connectivity index (χ1v) is 9.96. The number of hydrogen-bond donors (Lipinski definition) is 1. The third-order valence-corrected chi connectivity index (χ3v) is 5.45. The fourth-order valence-corrected chi connectivity index (χ4v) is 3.80. The van der Waals surface area contributed by atoms with Crippen LogP contribution in [0.4, 0.5) is 0 Å². The summed E-state index contributed by atoms with van der Waals surface area (Å²) in [6, 6.07) is 6.28. The molecule has 0 saturated carbocycles. The Hall–Kier alpha value is -2.60. The number of aromatic amines is 1. The molecule has 28 heavy (non-hydrogen) atoms. The minimum Gasteiger partial charge on any atom is -0.497 e. The van der Waals surface area contributed by atoms with Crippen LogP contribution in [0.2, 0.25) is 0 Å². The number of fused-ring (bicyclic) bond motifs is 1. The molecule has 3 aromatic rings. The van der Waals surface area contributed by atoms with Crippen LogP contribution in [0.5, 0.6) is 5.75 Å². The summed E-state index contributed by atoms with van der Waals surface area (Å²) in [5, 5.41) is 9.69. The van der Waals surface area contributed by atoms with Gasteiger partial charge in [0, 0.05) is 42.2 Å². The molecule has 1 atom stereocenters. The summed E-state index contributed by atoms with van der Waals surface area (Å²) in [6.07, 6.45) is 6.23. The van der Waals surface area contributed by atoms with Gasteiger partial charge >= 0.3 is 0 Å². The number of rotatable bonds is 6. The molecule has 0 fully saturated rings. The lowest BCUT2D eigenvalue weighted by Gasteiger charge is -2.29. The smallest absolute Gasteiger partial charge is 0.233 e. The number of nitrogens with zero attached hydrogens (tertiary/aromatic N) is 3. The van der Waals surface area contributed by atoms with Crippen LogP contribution in [-0.2, 0) is 6.42 Å². The van der Waals surface area contributed by atoms with Crippen LogP contribution in [0.3, 0.4) is 0 Å². The van der Waals surface area contributed by atoms with Gasteiger partial charge in [-0.1, -0.05) is 19.9 Å². The van der Waals surface area contributed by atoms with Gasteiger partial charge in [0.1, 0.15) is 5.75 Å². The molecule has 148 valence electrons. The highest BCUT2D eigenvalue weighted by Crippen LogP contribution is 2.33. The molecule has 3 heterocycles. The zero-order valence-electron chi connectivity index (χ0n) is 17.0. The number of H-pyrrole nitrogens is 1. The third kappa shape index (κ3) is 3.69. The minimum absolute atomic E-state index is 0.120. The number of hydrogen-bond acceptors (Lipinski definition) is 5. The van der Waals surface area contributed by atoms with Gasteiger partial charge in [-0.2, -0.15) is 0 Å². The molecule has 6 heteroatoms. The van der Waals surface area contributed by atoms with E-state index in [1.807, 2.05) is 6.07 Å². The van der Waals surface area contributed by atoms with E-state index in [9.17, 15) is 0 Å². The fourth-order valence-electron chi connectivity index (χ4n) is 3.80. The quantitative estimate of drug-likeness (QED) is 0.676. The van der Waals surface area contributed by atoms with Crippen LogP contribution in [-0.4, -0.2) is 40.3 Å². The van der Waals surface area contributed by atoms with E-state index in [0.29, 0.717) is 11.8 Å². The third-order valence-electron chi connectivity index (χ3n) is 5.45. The molecule has 0 radical (unpaired) electrons. The lowest BCUT2D eigenvalue weighted by atomic mass is 9.98. The largest absolute Gasteiger partial charge is 0.497 e. The summed E-state index contributed by atoms with van der Waals surface area (Å²) in [7, 11) is 1.71. The molecule has 6 nitrogen and oxygen atoms in total. The Labute approximate surface area is 165 Å². The van der Waals surface area contributed by atoms with E-state index in [0.717, 1.165) is 43.1 Å². The van der Waals surface area contributed by atoms with Crippen molar-refractivity contribution in [3.8, 4) is 5.75 Å². The standard InChI is InChI=1S/C22H28N4O2/c1-14(2)11-21-24-25-22(28-21)15(3)26-9-7-16(8-10-26)19-13-23-20-6-5-17(27-4)12-18(19)20/h5-7,12-15,23H,8-11H2,1-4H3/t15-/m1/s1. The Morgan fingerprint density at radius 3 is 2.82 bits per heavy atom. The fraction of sp³-hybridized carbons (Fsp3) is 0.455. The Morgan fingerprint density at radius 2 is 2.11 bits per heavy atom. The average Bonchev–Trinajstić information content (AvgIpc) is 3.33. The minimum atomic E-state index is 0.120. The summed E-state index contributed by atoms with van der Waals surface area (Å²) < 4.78 is 11.3. The molecule has 0 amide bonds. The van der Waals surface area contributed by atoms with Crippen molar-refractivity contribution in [1.29, 1.82) is 0 Å². The van der Waals surface area contributed by atoms with Crippen molar-refractivity contribution in [2.75, 3.05) is 20.2 Å². The van der Waals surface area contributed by atoms with E-state index < -0.39 is 0 Å². The molecule has 0 aliphatic carbocycles. The van der Waals surface area contributed by atoms with Gasteiger partial charge in [-0.3, -0.25) is 4.90 Å². The maximum Gasteiger partial charge on any atom is 0.233 e. The summed E-state index contributed by atoms with van der Waals surface area (Å²) in [5.74, 6) is 2.84. The van der Waals surface area contributed by atoms with Crippen molar-refractivity contribution >= 4 is 16.5 Å². The van der Waals surface area contributed by atoms with E-state index in [1.54, 1.807) is 7.11 Å². The van der Waals surface area contributed by atoms with Crippen molar-refractivity contribution in [1.82, 2.24) is 20.1 Å². The van der Waals surface area contributed by atoms with Gasteiger partial charge in [-0.25, -0.2) is 0 Å². The second-order valence-electron chi connectivity index (χ2n) is 7.90. The first kappa shape index (κ1) is 18.7. The van der Waals surface area contributed by atoms with Gasteiger partial charge in [0.25, 0.3) is 0 Å². The number of methoxy groups -OCH3 is 1. The first-order chi connectivity index (χ1) is 13.5. The molecule has 0 saturated heterocycles. The van der Waals surface area contributed by atoms with Crippen LogP contribution < -0.4 is 4.74 Å². The first-order valence-electron chi connectivity index (χ1n) is 9.96. The Bertz CT molecular complexity index is 986. The Kier molecular flexibility index (Phi) is 5.22. The van der Waals surface area contributed by atoms with Crippen molar-refractivity contribution < 1.29 is 9.15 Å². The molecule has 0 bridgehead atoms. The van der Waals surface area contributed by atoms with Crippen molar-refractivity contribution in [2.45, 2.75) is 39.7 Å². The summed E-state index contributed by atoms with van der Waals surface area (Å²) in [4.78, 5) is 5.75. The number of benzene rings is 1. The maximum atomic E-state index is 5.89. The second kappa shape index (κ2) is 7.80. The SMILES string of the molecule is COc1ccc2[nH]cc(C3=CCN([C@H](C)c4nnc(CC(C)C)o4)CC3)c2c1. The predicted molar refractivity (Wildman–Crippen MR) is 110 cm³/mol. The number of nitrogens with one attached hydrogen (secondary N) is 1. The highest BCUT2D eigenvalue weighted by Gasteiger charge is 2.24. The predicted octanol–water partition coefficient (Wildman–Crippen LogP) is 4.61. The van der Waals surface area contributed by atoms with E-state index >= 15 is 0 Å². The van der Waals surface area contributed by atoms with Crippen LogP contribution in [0, 0.1) is 5.92 Å². The Balaban J connectivity index is 1.49. The highest BCUT2D eigenvalue weighted by molar-refractivity contribution is 5.93. The molecular formula is C22H28N4O2. The van der Waals surface area contributed by atoms with E-state index in [-0.39, 0.29) is 6.04 Å². The van der Waals surface area contributed by atoms with Crippen LogP contribution in [0.25, 0.3) is 16.5 Å². The van der Waals surface area contributed by atoms with Gasteiger partial charge < -0.3 is 14.1 Å². The van der Waals surface area contributed by atoms with Crippen LogP contribution in [0.15, 0.2) is 34.9 Å². The van der Waals surface area contributed by atoms with E-state index in [2.05, 4.69) is 65.3 Å². The van der Waals surface area contributed by atoms with Gasteiger partial charge in [0.15, 0.2) is 0 Å². The van der Waals surface area contributed by atoms with E-state index in [4.69, 9.17) is 9.15 Å². The molecular weight excluding hydrogens is 352 g/mol. The van der Waals surface area contributed by atoms with Crippen molar-refractivity contribution in [2.24, 2.45) is 5.92 Å². The lowest BCUT2D eigenvalue weighted by Crippen LogP contribution is -2.31. The highest BCUT2D eigenvalue weighted by atomic mass is 16.5. The summed E-state index contributed by atoms with van der Waals surface area (Å²) >= 11 is 0. The van der Waals surface area contributed by atoms with Crippen molar-refractivity contribution in [3.63, 3.8) is 0 Å². The Morgan fingerprint density at radius 1 is 1.25 bits per heavy atom. The topological polar surface area (TPSA) is 67.2 Å². The number of ether oxygens (including phenoxy) is 1. The molecule has 1 N–H and O–H groups in total. The molecule has 1 aliphatic rings. The maximum absolute atomic E-state index is 5.89. The zero-order chi connectivity index (χ0) is 19.7. The number of aromatic nitrogens is 3. The molecule has 0 spiro atoms. The second-order valence-corrected chi connectivity index (χ2v) is 7.90. The average molecular weight is 380 g/mol. The monoisotopic (exact) mass is 380 g/mol. The molecule has 1 aliphatic heterocycles. The van der Waals surface area contributed by atoms with Gasteiger partial charge in [-0.15, -0.1) is 10.2 Å². The molecule has 2 aromatic heterocycles. The van der Waals surface area contributed by atoms with Gasteiger partial charge in [-0.05, 0) is 43.0 Å². The van der Waals surface area contributed by atoms with E-state index in [1.165, 1.54) is 16.5 Å². The molecule has 4 rings (SSSR count). The normalized spacial score (nSPS) is 16.5. The van der Waals surface area contributed by atoms with Gasteiger partial charge in [0.2, 0.25) is 11.8 Å². The van der Waals surface area contributed by atoms with Crippen molar-refractivity contribution in [3.05, 3.63) is 47.8 Å². The zero-order valence-corrected chi connectivity index (χ0v) is 17.0. The van der Waals surface area contributed by atoms with Crippen LogP contribution in [0.1, 0.15) is 50.6 Å². The molecule has 1 aromatic carbocycles.